The van der Waals surface area contributed by atoms with E-state index in [2.05, 4.69) is 5.16 Å². The molecule has 2 nitrogen and oxygen atoms in total. The van der Waals surface area contributed by atoms with Gasteiger partial charge in [-0.15, -0.1) is 0 Å². The van der Waals surface area contributed by atoms with Crippen LogP contribution in [0.4, 0.5) is 8.78 Å². The second kappa shape index (κ2) is 6.80. The van der Waals surface area contributed by atoms with E-state index in [1.54, 1.807) is 18.3 Å². The fraction of sp³-hybridized carbons (Fsp3) is 0.188. The molecule has 0 spiro atoms. The molecule has 0 unspecified atom stereocenters. The molecule has 0 radical (unpaired) electrons. The molecule has 2 aromatic carbocycles. The number of alkyl halides is 2. The van der Waals surface area contributed by atoms with E-state index < -0.39 is 6.43 Å². The van der Waals surface area contributed by atoms with Crippen LogP contribution in [0.15, 0.2) is 53.7 Å². The van der Waals surface area contributed by atoms with Gasteiger partial charge in [-0.05, 0) is 23.6 Å². The molecule has 0 aliphatic carbocycles. The van der Waals surface area contributed by atoms with Crippen molar-refractivity contribution in [1.82, 2.24) is 0 Å². The summed E-state index contributed by atoms with van der Waals surface area (Å²) in [6.45, 7) is 2.25. The van der Waals surface area contributed by atoms with Crippen LogP contribution in [0.1, 0.15) is 28.7 Å². The predicted molar refractivity (Wildman–Crippen MR) is 75.0 cm³/mol. The maximum atomic E-state index is 12.4. The first-order valence-electron chi connectivity index (χ1n) is 6.25. The third-order valence-corrected chi connectivity index (χ3v) is 2.92. The highest BCUT2D eigenvalue weighted by Crippen LogP contribution is 2.18. The topological polar surface area (TPSA) is 21.6 Å². The van der Waals surface area contributed by atoms with Crippen molar-refractivity contribution in [2.24, 2.45) is 5.16 Å². The molecule has 2 aromatic rings. The van der Waals surface area contributed by atoms with Crippen molar-refractivity contribution in [3.05, 3.63) is 70.8 Å². The second-order valence-corrected chi connectivity index (χ2v) is 4.41. The molecule has 0 aliphatic rings. The fourth-order valence-corrected chi connectivity index (χ4v) is 1.70. The first-order valence-corrected chi connectivity index (χ1v) is 6.25. The Morgan fingerprint density at radius 3 is 2.45 bits per heavy atom. The van der Waals surface area contributed by atoms with E-state index in [1.807, 2.05) is 31.2 Å². The Kier molecular flexibility index (Phi) is 4.82. The fourth-order valence-electron chi connectivity index (χ4n) is 1.70. The van der Waals surface area contributed by atoms with Crippen LogP contribution in [0.25, 0.3) is 0 Å². The molecule has 0 saturated heterocycles. The average Bonchev–Trinajstić information content (AvgIpc) is 2.46. The van der Waals surface area contributed by atoms with Crippen LogP contribution in [0, 0.1) is 6.92 Å². The molecule has 4 heteroatoms. The van der Waals surface area contributed by atoms with Gasteiger partial charge in [0.2, 0.25) is 0 Å². The van der Waals surface area contributed by atoms with Gasteiger partial charge in [0.05, 0.1) is 6.21 Å². The van der Waals surface area contributed by atoms with E-state index >= 15 is 0 Å². The average molecular weight is 275 g/mol. The SMILES string of the molecule is Cc1ccccc1C=NOCc1ccc(C(F)F)cc1. The van der Waals surface area contributed by atoms with Crippen molar-refractivity contribution in [3.63, 3.8) is 0 Å². The highest BCUT2D eigenvalue weighted by Gasteiger charge is 2.05. The number of halogens is 2. The van der Waals surface area contributed by atoms with E-state index in [-0.39, 0.29) is 12.2 Å². The van der Waals surface area contributed by atoms with Crippen LogP contribution < -0.4 is 0 Å². The minimum absolute atomic E-state index is 0.0113. The van der Waals surface area contributed by atoms with Gasteiger partial charge in [0.25, 0.3) is 6.43 Å². The van der Waals surface area contributed by atoms with Crippen molar-refractivity contribution in [2.45, 2.75) is 20.0 Å². The highest BCUT2D eigenvalue weighted by molar-refractivity contribution is 5.81. The summed E-state index contributed by atoms with van der Waals surface area (Å²) in [5, 5.41) is 3.88. The molecule has 0 saturated carbocycles. The Balaban J connectivity index is 1.88. The Morgan fingerprint density at radius 1 is 1.10 bits per heavy atom. The Hall–Kier alpha value is -2.23. The summed E-state index contributed by atoms with van der Waals surface area (Å²) >= 11 is 0. The second-order valence-electron chi connectivity index (χ2n) is 4.41. The largest absolute Gasteiger partial charge is 0.391 e. The van der Waals surface area contributed by atoms with Gasteiger partial charge in [-0.25, -0.2) is 8.78 Å². The summed E-state index contributed by atoms with van der Waals surface area (Å²) in [7, 11) is 0. The van der Waals surface area contributed by atoms with Crippen LogP contribution in [0.5, 0.6) is 0 Å². The van der Waals surface area contributed by atoms with E-state index in [9.17, 15) is 8.78 Å². The maximum Gasteiger partial charge on any atom is 0.263 e. The van der Waals surface area contributed by atoms with Crippen molar-refractivity contribution in [1.29, 1.82) is 0 Å². The molecule has 0 bridgehead atoms. The standard InChI is InChI=1S/C16H15F2NO/c1-12-4-2-3-5-15(12)10-19-20-11-13-6-8-14(9-7-13)16(17)18/h2-10,16H,11H2,1H3. The predicted octanol–water partition coefficient (Wildman–Crippen LogP) is 4.48. The van der Waals surface area contributed by atoms with E-state index in [0.29, 0.717) is 0 Å². The number of hydrogen-bond acceptors (Lipinski definition) is 2. The zero-order chi connectivity index (χ0) is 14.4. The number of aryl methyl sites for hydroxylation is 1. The summed E-state index contributed by atoms with van der Waals surface area (Å²) in [5.41, 5.74) is 2.91. The summed E-state index contributed by atoms with van der Waals surface area (Å²) in [6.07, 6.45) is -0.799. The van der Waals surface area contributed by atoms with Crippen molar-refractivity contribution < 1.29 is 13.6 Å². The zero-order valence-corrected chi connectivity index (χ0v) is 11.1. The number of oxime groups is 1. The lowest BCUT2D eigenvalue weighted by Crippen LogP contribution is -1.91. The van der Waals surface area contributed by atoms with Crippen LogP contribution in [0.2, 0.25) is 0 Å². The smallest absolute Gasteiger partial charge is 0.263 e. The minimum Gasteiger partial charge on any atom is -0.391 e. The molecular weight excluding hydrogens is 260 g/mol. The van der Waals surface area contributed by atoms with Crippen LogP contribution in [-0.2, 0) is 11.4 Å². The van der Waals surface area contributed by atoms with Gasteiger partial charge >= 0.3 is 0 Å². The zero-order valence-electron chi connectivity index (χ0n) is 11.1. The maximum absolute atomic E-state index is 12.4. The van der Waals surface area contributed by atoms with E-state index in [0.717, 1.165) is 16.7 Å². The van der Waals surface area contributed by atoms with Gasteiger partial charge in [0.15, 0.2) is 0 Å². The molecule has 0 heterocycles. The van der Waals surface area contributed by atoms with E-state index in [4.69, 9.17) is 4.84 Å². The molecule has 0 N–H and O–H groups in total. The summed E-state index contributed by atoms with van der Waals surface area (Å²) in [5.74, 6) is 0. The molecule has 2 rings (SSSR count). The van der Waals surface area contributed by atoms with E-state index in [1.165, 1.54) is 12.1 Å². The van der Waals surface area contributed by atoms with Crippen molar-refractivity contribution in [2.75, 3.05) is 0 Å². The number of hydrogen-bond donors (Lipinski definition) is 0. The number of nitrogens with zero attached hydrogens (tertiary/aromatic N) is 1. The molecule has 0 fully saturated rings. The van der Waals surface area contributed by atoms with Gasteiger partial charge in [-0.2, -0.15) is 0 Å². The van der Waals surface area contributed by atoms with Gasteiger partial charge in [0, 0.05) is 5.56 Å². The number of benzene rings is 2. The minimum atomic E-state index is -2.44. The first-order chi connectivity index (χ1) is 9.66. The molecule has 0 amide bonds. The van der Waals surface area contributed by atoms with Crippen molar-refractivity contribution >= 4 is 6.21 Å². The van der Waals surface area contributed by atoms with Crippen molar-refractivity contribution in [3.8, 4) is 0 Å². The first kappa shape index (κ1) is 14.2. The molecule has 0 aliphatic heterocycles. The Bertz CT molecular complexity index is 579. The molecule has 104 valence electrons. The van der Waals surface area contributed by atoms with Crippen LogP contribution >= 0.6 is 0 Å². The lowest BCUT2D eigenvalue weighted by Gasteiger charge is -2.03. The van der Waals surface area contributed by atoms with Crippen LogP contribution in [-0.4, -0.2) is 6.21 Å². The summed E-state index contributed by atoms with van der Waals surface area (Å²) in [4.78, 5) is 5.16. The van der Waals surface area contributed by atoms with Crippen LogP contribution in [0.3, 0.4) is 0 Å². The third kappa shape index (κ3) is 3.88. The quantitative estimate of drug-likeness (QED) is 0.582. The molecule has 0 aromatic heterocycles. The molecule has 0 atom stereocenters. The Labute approximate surface area is 116 Å². The lowest BCUT2D eigenvalue weighted by molar-refractivity contribution is 0.131. The molecule has 20 heavy (non-hydrogen) atoms. The van der Waals surface area contributed by atoms with Gasteiger partial charge < -0.3 is 4.84 Å². The monoisotopic (exact) mass is 275 g/mol. The Morgan fingerprint density at radius 2 is 1.80 bits per heavy atom. The number of rotatable bonds is 5. The normalized spacial score (nSPS) is 11.2. The third-order valence-electron chi connectivity index (χ3n) is 2.92. The molecular formula is C16H15F2NO. The summed E-state index contributed by atoms with van der Waals surface area (Å²) in [6, 6.07) is 13.8. The summed E-state index contributed by atoms with van der Waals surface area (Å²) < 4.78 is 24.8. The highest BCUT2D eigenvalue weighted by atomic mass is 19.3. The van der Waals surface area contributed by atoms with Gasteiger partial charge in [-0.1, -0.05) is 53.7 Å². The lowest BCUT2D eigenvalue weighted by atomic mass is 10.1. The van der Waals surface area contributed by atoms with Gasteiger partial charge in [-0.3, -0.25) is 0 Å². The van der Waals surface area contributed by atoms with Gasteiger partial charge in [0.1, 0.15) is 6.61 Å².